The van der Waals surface area contributed by atoms with E-state index in [0.717, 1.165) is 35.5 Å². The molecule has 0 bridgehead atoms. The molecule has 0 atom stereocenters. The molecule has 4 nitrogen and oxygen atoms in total. The van der Waals surface area contributed by atoms with Crippen molar-refractivity contribution in [2.75, 3.05) is 14.2 Å². The summed E-state index contributed by atoms with van der Waals surface area (Å²) in [4.78, 5) is 10.9. The zero-order valence-corrected chi connectivity index (χ0v) is 11.2. The van der Waals surface area contributed by atoms with Crippen LogP contribution in [0.1, 0.15) is 18.4 Å². The second kappa shape index (κ2) is 5.78. The van der Waals surface area contributed by atoms with Gasteiger partial charge in [0.1, 0.15) is 11.5 Å². The number of methoxy groups -OCH3 is 2. The van der Waals surface area contributed by atoms with Crippen LogP contribution in [0.2, 0.25) is 0 Å². The molecule has 0 aromatic heterocycles. The molecule has 0 aliphatic heterocycles. The van der Waals surface area contributed by atoms with Gasteiger partial charge in [0.05, 0.1) is 14.2 Å². The molecule has 1 N–H and O–H groups in total. The molecule has 19 heavy (non-hydrogen) atoms. The summed E-state index contributed by atoms with van der Waals surface area (Å²) in [5.41, 5.74) is 1.92. The smallest absolute Gasteiger partial charge is 0.328 e. The van der Waals surface area contributed by atoms with E-state index in [1.54, 1.807) is 14.2 Å². The summed E-state index contributed by atoms with van der Waals surface area (Å²) in [6.07, 6.45) is 4.07. The molecular formula is C15H18O4. The predicted molar refractivity (Wildman–Crippen MR) is 71.7 cm³/mol. The Hall–Kier alpha value is -1.97. The lowest BCUT2D eigenvalue weighted by molar-refractivity contribution is -0.131. The van der Waals surface area contributed by atoms with E-state index in [1.807, 2.05) is 18.2 Å². The minimum absolute atomic E-state index is 0.409. The van der Waals surface area contributed by atoms with Crippen LogP contribution < -0.4 is 9.47 Å². The largest absolute Gasteiger partial charge is 0.497 e. The van der Waals surface area contributed by atoms with Crippen molar-refractivity contribution >= 4 is 5.97 Å². The third-order valence-corrected chi connectivity index (χ3v) is 3.29. The van der Waals surface area contributed by atoms with Gasteiger partial charge in [0.2, 0.25) is 0 Å². The Bertz CT molecular complexity index is 501. The average Bonchev–Trinajstić information content (AvgIpc) is 3.21. The standard InChI is InChI=1S/C15H18O4/c1-18-13-5-6-14(19-2)12(8-13)7-11(9-15(16)17)10-3-4-10/h5-6,8-10H,3-4,7H2,1-2H3,(H,16,17)/b11-9-. The lowest BCUT2D eigenvalue weighted by Crippen LogP contribution is -2.01. The Morgan fingerprint density at radius 3 is 2.63 bits per heavy atom. The maximum Gasteiger partial charge on any atom is 0.328 e. The molecule has 0 radical (unpaired) electrons. The molecule has 1 aromatic carbocycles. The van der Waals surface area contributed by atoms with Gasteiger partial charge in [-0.05, 0) is 43.4 Å². The fourth-order valence-electron chi connectivity index (χ4n) is 2.17. The fraction of sp³-hybridized carbons (Fsp3) is 0.400. The van der Waals surface area contributed by atoms with Crippen LogP contribution in [0.5, 0.6) is 11.5 Å². The highest BCUT2D eigenvalue weighted by Crippen LogP contribution is 2.39. The zero-order chi connectivity index (χ0) is 13.8. The summed E-state index contributed by atoms with van der Waals surface area (Å²) >= 11 is 0. The highest BCUT2D eigenvalue weighted by atomic mass is 16.5. The summed E-state index contributed by atoms with van der Waals surface area (Å²) in [6, 6.07) is 5.58. The minimum atomic E-state index is -0.885. The second-order valence-corrected chi connectivity index (χ2v) is 4.69. The fourth-order valence-corrected chi connectivity index (χ4v) is 2.17. The van der Waals surface area contributed by atoms with Gasteiger partial charge in [-0.15, -0.1) is 0 Å². The second-order valence-electron chi connectivity index (χ2n) is 4.69. The van der Waals surface area contributed by atoms with Crippen LogP contribution in [0.15, 0.2) is 29.8 Å². The minimum Gasteiger partial charge on any atom is -0.497 e. The van der Waals surface area contributed by atoms with Crippen LogP contribution in [-0.4, -0.2) is 25.3 Å². The number of hydrogen-bond acceptors (Lipinski definition) is 3. The van der Waals surface area contributed by atoms with Gasteiger partial charge in [0.15, 0.2) is 0 Å². The van der Waals surface area contributed by atoms with Gasteiger partial charge in [-0.3, -0.25) is 0 Å². The van der Waals surface area contributed by atoms with Crippen molar-refractivity contribution in [1.82, 2.24) is 0 Å². The van der Waals surface area contributed by atoms with Gasteiger partial charge in [-0.25, -0.2) is 4.79 Å². The lowest BCUT2D eigenvalue weighted by atomic mass is 10.00. The molecule has 0 unspecified atom stereocenters. The average molecular weight is 262 g/mol. The quantitative estimate of drug-likeness (QED) is 0.801. The van der Waals surface area contributed by atoms with Gasteiger partial charge < -0.3 is 14.6 Å². The van der Waals surface area contributed by atoms with Crippen molar-refractivity contribution in [3.05, 3.63) is 35.4 Å². The molecule has 0 amide bonds. The van der Waals surface area contributed by atoms with E-state index in [2.05, 4.69) is 0 Å². The van der Waals surface area contributed by atoms with Crippen LogP contribution >= 0.6 is 0 Å². The van der Waals surface area contributed by atoms with Gasteiger partial charge in [-0.1, -0.05) is 5.57 Å². The highest BCUT2D eigenvalue weighted by Gasteiger charge is 2.27. The molecule has 4 heteroatoms. The SMILES string of the molecule is COc1ccc(OC)c(C/C(=C/C(=O)O)C2CC2)c1. The summed E-state index contributed by atoms with van der Waals surface area (Å²) in [7, 11) is 3.23. The van der Waals surface area contributed by atoms with Gasteiger partial charge in [-0.2, -0.15) is 0 Å². The summed E-state index contributed by atoms with van der Waals surface area (Å²) in [6.45, 7) is 0. The molecule has 0 saturated heterocycles. The lowest BCUT2D eigenvalue weighted by Gasteiger charge is -2.12. The Kier molecular flexibility index (Phi) is 4.10. The van der Waals surface area contributed by atoms with Crippen molar-refractivity contribution in [1.29, 1.82) is 0 Å². The Morgan fingerprint density at radius 1 is 1.37 bits per heavy atom. The van der Waals surface area contributed by atoms with Gasteiger partial charge >= 0.3 is 5.97 Å². The molecular weight excluding hydrogens is 244 g/mol. The van der Waals surface area contributed by atoms with E-state index < -0.39 is 5.97 Å². The molecule has 2 rings (SSSR count). The number of carbonyl (C=O) groups is 1. The number of aliphatic carboxylic acids is 1. The van der Waals surface area contributed by atoms with Crippen molar-refractivity contribution < 1.29 is 19.4 Å². The van der Waals surface area contributed by atoms with E-state index in [1.165, 1.54) is 6.08 Å². The van der Waals surface area contributed by atoms with Crippen molar-refractivity contribution in [2.45, 2.75) is 19.3 Å². The first-order valence-electron chi connectivity index (χ1n) is 6.28. The number of hydrogen-bond donors (Lipinski definition) is 1. The van der Waals surface area contributed by atoms with Crippen molar-refractivity contribution in [3.63, 3.8) is 0 Å². The van der Waals surface area contributed by atoms with E-state index in [4.69, 9.17) is 14.6 Å². The molecule has 1 aliphatic carbocycles. The Morgan fingerprint density at radius 2 is 2.11 bits per heavy atom. The Balaban J connectivity index is 2.27. The van der Waals surface area contributed by atoms with Gasteiger partial charge in [0, 0.05) is 11.6 Å². The number of allylic oxidation sites excluding steroid dienone is 1. The van der Waals surface area contributed by atoms with Crippen LogP contribution in [0.4, 0.5) is 0 Å². The number of carboxylic acids is 1. The van der Waals surface area contributed by atoms with E-state index >= 15 is 0 Å². The van der Waals surface area contributed by atoms with Crippen LogP contribution in [-0.2, 0) is 11.2 Å². The monoisotopic (exact) mass is 262 g/mol. The summed E-state index contributed by atoms with van der Waals surface area (Å²) < 4.78 is 10.5. The molecule has 0 spiro atoms. The van der Waals surface area contributed by atoms with Gasteiger partial charge in [0.25, 0.3) is 0 Å². The molecule has 1 saturated carbocycles. The van der Waals surface area contributed by atoms with E-state index in [-0.39, 0.29) is 0 Å². The maximum atomic E-state index is 10.9. The normalized spacial score (nSPS) is 15.2. The Labute approximate surface area is 112 Å². The first-order chi connectivity index (χ1) is 9.13. The van der Waals surface area contributed by atoms with Crippen LogP contribution in [0.3, 0.4) is 0 Å². The third-order valence-electron chi connectivity index (χ3n) is 3.29. The highest BCUT2D eigenvalue weighted by molar-refractivity contribution is 5.81. The zero-order valence-electron chi connectivity index (χ0n) is 11.2. The third kappa shape index (κ3) is 3.50. The molecule has 0 heterocycles. The summed E-state index contributed by atoms with van der Waals surface area (Å²) in [5, 5.41) is 8.93. The number of benzene rings is 1. The topological polar surface area (TPSA) is 55.8 Å². The first kappa shape index (κ1) is 13.5. The summed E-state index contributed by atoms with van der Waals surface area (Å²) in [5.74, 6) is 1.04. The molecule has 1 aromatic rings. The molecule has 102 valence electrons. The first-order valence-corrected chi connectivity index (χ1v) is 6.28. The number of rotatable bonds is 6. The number of ether oxygens (including phenoxy) is 2. The maximum absolute atomic E-state index is 10.9. The predicted octanol–water partition coefficient (Wildman–Crippen LogP) is 2.67. The van der Waals surface area contributed by atoms with Crippen LogP contribution in [0, 0.1) is 5.92 Å². The van der Waals surface area contributed by atoms with E-state index in [9.17, 15) is 4.79 Å². The number of carboxylic acid groups (broad SMARTS) is 1. The van der Waals surface area contributed by atoms with Crippen molar-refractivity contribution in [3.8, 4) is 11.5 Å². The van der Waals surface area contributed by atoms with Crippen LogP contribution in [0.25, 0.3) is 0 Å². The molecule has 1 fully saturated rings. The van der Waals surface area contributed by atoms with E-state index in [0.29, 0.717) is 12.3 Å². The van der Waals surface area contributed by atoms with Crippen molar-refractivity contribution in [2.24, 2.45) is 5.92 Å². The molecule has 1 aliphatic rings.